The van der Waals surface area contributed by atoms with Crippen molar-refractivity contribution in [3.8, 4) is 11.1 Å². The highest BCUT2D eigenvalue weighted by atomic mass is 28.3. The van der Waals surface area contributed by atoms with Crippen molar-refractivity contribution in [2.45, 2.75) is 19.6 Å². The summed E-state index contributed by atoms with van der Waals surface area (Å²) in [6.45, 7) is 7.21. The molecule has 1 nitrogen and oxygen atoms in total. The highest BCUT2D eigenvalue weighted by molar-refractivity contribution is 6.88. The molecule has 0 unspecified atom stereocenters. The lowest BCUT2D eigenvalue weighted by Gasteiger charge is -2.27. The van der Waals surface area contributed by atoms with Crippen molar-refractivity contribution < 1.29 is 0 Å². The van der Waals surface area contributed by atoms with E-state index in [9.17, 15) is 0 Å². The van der Waals surface area contributed by atoms with Gasteiger partial charge in [-0.1, -0.05) is 116 Å². The van der Waals surface area contributed by atoms with E-state index in [2.05, 4.69) is 170 Å². The highest BCUT2D eigenvalue weighted by Gasteiger charge is 2.19. The molecule has 43 heavy (non-hydrogen) atoms. The number of hydrogen-bond donors (Lipinski definition) is 0. The SMILES string of the molecule is C[Si](C)(C)c1ccc(N(c2ccccc2)c2cc3ccc4cc(-c5ccc6ccccc6c5)cc5ccc(c2)c3c45)cc1. The van der Waals surface area contributed by atoms with E-state index in [-0.39, 0.29) is 0 Å². The van der Waals surface area contributed by atoms with Crippen molar-refractivity contribution in [3.63, 3.8) is 0 Å². The molecule has 0 heterocycles. The lowest BCUT2D eigenvalue weighted by Crippen LogP contribution is -2.37. The Labute approximate surface area is 254 Å². The smallest absolute Gasteiger partial charge is 0.0775 e. The summed E-state index contributed by atoms with van der Waals surface area (Å²) in [6, 6.07) is 54.0. The number of para-hydroxylation sites is 1. The van der Waals surface area contributed by atoms with Gasteiger partial charge in [0, 0.05) is 17.1 Å². The minimum absolute atomic E-state index is 1.16. The van der Waals surface area contributed by atoms with E-state index >= 15 is 0 Å². The average molecular weight is 568 g/mol. The Morgan fingerprint density at radius 2 is 0.860 bits per heavy atom. The predicted molar refractivity (Wildman–Crippen MR) is 191 cm³/mol. The second-order valence-corrected chi connectivity index (χ2v) is 17.8. The Kier molecular flexibility index (Phi) is 5.89. The Morgan fingerprint density at radius 1 is 0.372 bits per heavy atom. The second kappa shape index (κ2) is 9.83. The van der Waals surface area contributed by atoms with Crippen LogP contribution in [0.3, 0.4) is 0 Å². The molecule has 0 bridgehead atoms. The van der Waals surface area contributed by atoms with Gasteiger partial charge in [-0.25, -0.2) is 0 Å². The summed E-state index contributed by atoms with van der Waals surface area (Å²) in [4.78, 5) is 2.39. The van der Waals surface area contributed by atoms with Gasteiger partial charge < -0.3 is 4.90 Å². The third-order valence-electron chi connectivity index (χ3n) is 8.87. The van der Waals surface area contributed by atoms with Gasteiger partial charge in [0.1, 0.15) is 0 Å². The minimum atomic E-state index is -1.39. The van der Waals surface area contributed by atoms with Gasteiger partial charge in [0.15, 0.2) is 0 Å². The van der Waals surface area contributed by atoms with E-state index in [1.165, 1.54) is 70.8 Å². The van der Waals surface area contributed by atoms with Crippen LogP contribution in [0.1, 0.15) is 0 Å². The van der Waals surface area contributed by atoms with Crippen molar-refractivity contribution in [3.05, 3.63) is 146 Å². The number of fused-ring (bicyclic) bond motifs is 1. The van der Waals surface area contributed by atoms with Crippen LogP contribution in [0.4, 0.5) is 17.1 Å². The first-order valence-corrected chi connectivity index (χ1v) is 18.6. The lowest BCUT2D eigenvalue weighted by molar-refractivity contribution is 1.29. The normalized spacial score (nSPS) is 12.1. The molecular weight excluding hydrogens is 535 g/mol. The van der Waals surface area contributed by atoms with Gasteiger partial charge in [-0.2, -0.15) is 0 Å². The maximum Gasteiger partial charge on any atom is 0.0775 e. The lowest BCUT2D eigenvalue weighted by atomic mass is 9.90. The highest BCUT2D eigenvalue weighted by Crippen LogP contribution is 2.42. The Balaban J connectivity index is 1.28. The van der Waals surface area contributed by atoms with Crippen LogP contribution >= 0.6 is 0 Å². The van der Waals surface area contributed by atoms with Crippen molar-refractivity contribution in [1.29, 1.82) is 0 Å². The standard InChI is InChI=1S/C41H33NSi/c1-43(2,3)39-21-19-37(20-22-39)42(36-11-5-4-6-12-36)38-26-33-17-15-31-24-35(25-32-16-18-34(27-38)41(33)40(31)32)30-14-13-28-9-7-8-10-29(28)23-30/h4-27H,1-3H3. The van der Waals surface area contributed by atoms with E-state index in [1.807, 2.05) is 0 Å². The summed E-state index contributed by atoms with van der Waals surface area (Å²) >= 11 is 0. The molecule has 206 valence electrons. The van der Waals surface area contributed by atoms with Gasteiger partial charge in [0.25, 0.3) is 0 Å². The molecule has 0 aliphatic carbocycles. The molecule has 0 aliphatic heterocycles. The Bertz CT molecular complexity index is 2190. The monoisotopic (exact) mass is 567 g/mol. The zero-order valence-electron chi connectivity index (χ0n) is 24.8. The van der Waals surface area contributed by atoms with E-state index < -0.39 is 8.07 Å². The number of nitrogens with zero attached hydrogens (tertiary/aromatic N) is 1. The van der Waals surface area contributed by atoms with E-state index in [1.54, 1.807) is 0 Å². The number of hydrogen-bond acceptors (Lipinski definition) is 1. The molecule has 0 fully saturated rings. The molecule has 0 atom stereocenters. The third-order valence-corrected chi connectivity index (χ3v) is 10.9. The molecular formula is C41H33NSi. The largest absolute Gasteiger partial charge is 0.310 e. The van der Waals surface area contributed by atoms with Crippen LogP contribution in [0.5, 0.6) is 0 Å². The zero-order valence-corrected chi connectivity index (χ0v) is 25.8. The van der Waals surface area contributed by atoms with Crippen molar-refractivity contribution in [2.24, 2.45) is 0 Å². The molecule has 0 aromatic heterocycles. The molecule has 0 saturated carbocycles. The number of benzene rings is 8. The molecule has 0 N–H and O–H groups in total. The Morgan fingerprint density at radius 3 is 1.47 bits per heavy atom. The van der Waals surface area contributed by atoms with Crippen LogP contribution in [0, 0.1) is 0 Å². The quantitative estimate of drug-likeness (QED) is 0.148. The number of rotatable bonds is 5. The van der Waals surface area contributed by atoms with Gasteiger partial charge >= 0.3 is 0 Å². The second-order valence-electron chi connectivity index (χ2n) is 12.7. The van der Waals surface area contributed by atoms with E-state index in [0.717, 1.165) is 5.69 Å². The molecule has 8 rings (SSSR count). The molecule has 0 radical (unpaired) electrons. The molecule has 8 aromatic rings. The Hall–Kier alpha value is -4.92. The van der Waals surface area contributed by atoms with Crippen LogP contribution < -0.4 is 10.1 Å². The summed E-state index contributed by atoms with van der Waals surface area (Å²) in [6.07, 6.45) is 0. The first-order valence-electron chi connectivity index (χ1n) is 15.1. The third kappa shape index (κ3) is 4.47. The topological polar surface area (TPSA) is 3.24 Å². The summed E-state index contributed by atoms with van der Waals surface area (Å²) in [7, 11) is -1.39. The first-order chi connectivity index (χ1) is 20.9. The first kappa shape index (κ1) is 25.8. The van der Waals surface area contributed by atoms with Gasteiger partial charge in [-0.05, 0) is 109 Å². The fourth-order valence-corrected chi connectivity index (χ4v) is 7.79. The molecule has 0 amide bonds. The van der Waals surface area contributed by atoms with Gasteiger partial charge in [0.05, 0.1) is 8.07 Å². The predicted octanol–water partition coefficient (Wildman–Crippen LogP) is 11.4. The van der Waals surface area contributed by atoms with Crippen LogP contribution in [0.25, 0.3) is 54.2 Å². The number of anilines is 3. The molecule has 0 aliphatic rings. The van der Waals surface area contributed by atoms with E-state index in [0.29, 0.717) is 0 Å². The summed E-state index contributed by atoms with van der Waals surface area (Å²) < 4.78 is 0. The van der Waals surface area contributed by atoms with Crippen molar-refractivity contribution >= 4 is 73.4 Å². The fourth-order valence-electron chi connectivity index (χ4n) is 6.62. The molecule has 0 saturated heterocycles. The molecule has 8 aromatic carbocycles. The zero-order chi connectivity index (χ0) is 29.1. The average Bonchev–Trinajstić information content (AvgIpc) is 3.03. The van der Waals surface area contributed by atoms with E-state index in [4.69, 9.17) is 0 Å². The van der Waals surface area contributed by atoms with Crippen LogP contribution in [-0.4, -0.2) is 8.07 Å². The summed E-state index contributed by atoms with van der Waals surface area (Å²) in [5, 5.41) is 11.8. The maximum atomic E-state index is 2.40. The fraction of sp³-hybridized carbons (Fsp3) is 0.0732. The van der Waals surface area contributed by atoms with Gasteiger partial charge in [-0.3, -0.25) is 0 Å². The summed E-state index contributed by atoms with van der Waals surface area (Å²) in [5.74, 6) is 0. The maximum absolute atomic E-state index is 2.40. The molecule has 0 spiro atoms. The van der Waals surface area contributed by atoms with Crippen LogP contribution in [-0.2, 0) is 0 Å². The van der Waals surface area contributed by atoms with Gasteiger partial charge in [0.2, 0.25) is 0 Å². The van der Waals surface area contributed by atoms with Crippen LogP contribution in [0.2, 0.25) is 19.6 Å². The van der Waals surface area contributed by atoms with Crippen molar-refractivity contribution in [2.75, 3.05) is 4.90 Å². The minimum Gasteiger partial charge on any atom is -0.310 e. The van der Waals surface area contributed by atoms with Crippen molar-refractivity contribution in [1.82, 2.24) is 0 Å². The van der Waals surface area contributed by atoms with Crippen LogP contribution in [0.15, 0.2) is 146 Å². The summed E-state index contributed by atoms with van der Waals surface area (Å²) in [5.41, 5.74) is 6.03. The van der Waals surface area contributed by atoms with Gasteiger partial charge in [-0.15, -0.1) is 0 Å². The molecule has 2 heteroatoms.